The number of aromatic nitrogens is 3. The maximum Gasteiger partial charge on any atom is 0.233 e. The van der Waals surface area contributed by atoms with E-state index in [0.29, 0.717) is 19.0 Å². The topological polar surface area (TPSA) is 69.5 Å². The number of thioether (sulfide) groups is 1. The van der Waals surface area contributed by atoms with Gasteiger partial charge in [0, 0.05) is 12.2 Å². The van der Waals surface area contributed by atoms with Crippen molar-refractivity contribution < 1.29 is 14.3 Å². The first kappa shape index (κ1) is 19.9. The maximum absolute atomic E-state index is 13.1. The highest BCUT2D eigenvalue weighted by Gasteiger charge is 2.31. The second kappa shape index (κ2) is 8.63. The minimum absolute atomic E-state index is 0.0673. The Hall–Kier alpha value is -3.00. The van der Waals surface area contributed by atoms with E-state index in [0.717, 1.165) is 53.1 Å². The summed E-state index contributed by atoms with van der Waals surface area (Å²) in [6.45, 7) is 3.82. The van der Waals surface area contributed by atoms with Crippen molar-refractivity contribution in [2.75, 3.05) is 25.5 Å². The van der Waals surface area contributed by atoms with Gasteiger partial charge in [0.05, 0.1) is 11.8 Å². The first-order valence-electron chi connectivity index (χ1n) is 10.5. The van der Waals surface area contributed by atoms with Crippen LogP contribution in [0.1, 0.15) is 30.3 Å². The molecule has 1 saturated heterocycles. The fourth-order valence-electron chi connectivity index (χ4n) is 4.20. The lowest BCUT2D eigenvalue weighted by atomic mass is 10.0. The molecule has 1 amide bonds. The Bertz CT molecular complexity index is 1090. The number of benzene rings is 2. The lowest BCUT2D eigenvalue weighted by molar-refractivity contribution is -0.129. The summed E-state index contributed by atoms with van der Waals surface area (Å²) in [5.41, 5.74) is 2.10. The van der Waals surface area contributed by atoms with Crippen molar-refractivity contribution in [3.8, 4) is 17.2 Å². The number of amides is 1. The van der Waals surface area contributed by atoms with Gasteiger partial charge in [0.1, 0.15) is 19.0 Å². The Morgan fingerprint density at radius 2 is 1.90 bits per heavy atom. The summed E-state index contributed by atoms with van der Waals surface area (Å²) >= 11 is 1.43. The summed E-state index contributed by atoms with van der Waals surface area (Å²) in [5, 5.41) is 9.23. The SMILES string of the molecule is Cc1nnc(SCC(=O)N2CCCC2c2ccc3c(c2)OCCO3)n1-c1ccccc1. The van der Waals surface area contributed by atoms with Crippen molar-refractivity contribution in [3.05, 3.63) is 59.9 Å². The Labute approximate surface area is 185 Å². The monoisotopic (exact) mass is 436 g/mol. The van der Waals surface area contributed by atoms with Crippen LogP contribution < -0.4 is 9.47 Å². The van der Waals surface area contributed by atoms with Crippen LogP contribution in [0.15, 0.2) is 53.7 Å². The lowest BCUT2D eigenvalue weighted by Crippen LogP contribution is -2.32. The van der Waals surface area contributed by atoms with Gasteiger partial charge in [-0.05, 0) is 49.6 Å². The van der Waals surface area contributed by atoms with Gasteiger partial charge in [0.2, 0.25) is 5.91 Å². The number of carbonyl (C=O) groups is 1. The van der Waals surface area contributed by atoms with Gasteiger partial charge >= 0.3 is 0 Å². The average molecular weight is 437 g/mol. The van der Waals surface area contributed by atoms with Gasteiger partial charge < -0.3 is 14.4 Å². The summed E-state index contributed by atoms with van der Waals surface area (Å²) in [6.07, 6.45) is 1.95. The van der Waals surface area contributed by atoms with E-state index in [1.807, 2.05) is 64.9 Å². The van der Waals surface area contributed by atoms with Crippen LogP contribution in [0, 0.1) is 6.92 Å². The van der Waals surface area contributed by atoms with Crippen LogP contribution in [-0.4, -0.2) is 51.1 Å². The third-order valence-corrected chi connectivity index (χ3v) is 6.57. The predicted octanol–water partition coefficient (Wildman–Crippen LogP) is 3.80. The molecule has 0 bridgehead atoms. The van der Waals surface area contributed by atoms with Crippen LogP contribution in [0.3, 0.4) is 0 Å². The highest BCUT2D eigenvalue weighted by atomic mass is 32.2. The number of aryl methyl sites for hydroxylation is 1. The molecule has 0 radical (unpaired) electrons. The van der Waals surface area contributed by atoms with E-state index in [4.69, 9.17) is 9.47 Å². The molecule has 5 rings (SSSR count). The molecule has 1 aromatic heterocycles. The molecular formula is C23H24N4O3S. The molecule has 3 heterocycles. The van der Waals surface area contributed by atoms with Crippen LogP contribution in [0.5, 0.6) is 11.5 Å². The minimum atomic E-state index is 0.0673. The molecule has 2 aromatic carbocycles. The molecule has 0 saturated carbocycles. The van der Waals surface area contributed by atoms with Crippen molar-refractivity contribution >= 4 is 17.7 Å². The minimum Gasteiger partial charge on any atom is -0.486 e. The second-order valence-electron chi connectivity index (χ2n) is 7.64. The van der Waals surface area contributed by atoms with E-state index >= 15 is 0 Å². The highest BCUT2D eigenvalue weighted by Crippen LogP contribution is 2.38. The number of hydrogen-bond acceptors (Lipinski definition) is 6. The number of carbonyl (C=O) groups excluding carboxylic acids is 1. The van der Waals surface area contributed by atoms with Crippen LogP contribution >= 0.6 is 11.8 Å². The molecule has 1 unspecified atom stereocenters. The van der Waals surface area contributed by atoms with Crippen LogP contribution in [0.4, 0.5) is 0 Å². The van der Waals surface area contributed by atoms with Gasteiger partial charge in [-0.2, -0.15) is 0 Å². The number of rotatable bonds is 5. The standard InChI is InChI=1S/C23H24N4O3S/c1-16-24-25-23(27(16)18-6-3-2-4-7-18)31-15-22(28)26-11-5-8-19(26)17-9-10-20-21(14-17)30-13-12-29-20/h2-4,6-7,9-10,14,19H,5,8,11-13,15H2,1H3. The Morgan fingerprint density at radius 3 is 2.74 bits per heavy atom. The number of hydrogen-bond donors (Lipinski definition) is 0. The molecule has 2 aliphatic heterocycles. The first-order valence-corrected chi connectivity index (χ1v) is 11.5. The average Bonchev–Trinajstić information content (AvgIpc) is 3.44. The third-order valence-electron chi connectivity index (χ3n) is 5.66. The van der Waals surface area contributed by atoms with Crippen molar-refractivity contribution in [2.45, 2.75) is 31.0 Å². The van der Waals surface area contributed by atoms with Gasteiger partial charge in [-0.1, -0.05) is 36.0 Å². The smallest absolute Gasteiger partial charge is 0.233 e. The molecule has 3 aromatic rings. The van der Waals surface area contributed by atoms with Gasteiger partial charge in [-0.25, -0.2) is 0 Å². The highest BCUT2D eigenvalue weighted by molar-refractivity contribution is 7.99. The summed E-state index contributed by atoms with van der Waals surface area (Å²) in [6, 6.07) is 16.1. The Kier molecular flexibility index (Phi) is 5.55. The zero-order valence-electron chi connectivity index (χ0n) is 17.4. The van der Waals surface area contributed by atoms with Gasteiger partial charge in [0.15, 0.2) is 16.7 Å². The van der Waals surface area contributed by atoms with Gasteiger partial charge in [-0.15, -0.1) is 10.2 Å². The van der Waals surface area contributed by atoms with Gasteiger partial charge in [-0.3, -0.25) is 9.36 Å². The molecule has 0 N–H and O–H groups in total. The number of nitrogens with zero attached hydrogens (tertiary/aromatic N) is 4. The number of likely N-dealkylation sites (tertiary alicyclic amines) is 1. The first-order chi connectivity index (χ1) is 15.2. The molecular weight excluding hydrogens is 412 g/mol. The maximum atomic E-state index is 13.1. The van der Waals surface area contributed by atoms with Crippen LogP contribution in [-0.2, 0) is 4.79 Å². The fourth-order valence-corrected chi connectivity index (χ4v) is 5.08. The zero-order chi connectivity index (χ0) is 21.2. The van der Waals surface area contributed by atoms with E-state index < -0.39 is 0 Å². The predicted molar refractivity (Wildman–Crippen MR) is 118 cm³/mol. The fraction of sp³-hybridized carbons (Fsp3) is 0.348. The zero-order valence-corrected chi connectivity index (χ0v) is 18.2. The number of para-hydroxylation sites is 1. The lowest BCUT2D eigenvalue weighted by Gasteiger charge is -2.26. The molecule has 1 fully saturated rings. The Balaban J connectivity index is 1.30. The van der Waals surface area contributed by atoms with Crippen LogP contribution in [0.25, 0.3) is 5.69 Å². The normalized spacial score (nSPS) is 17.7. The van der Waals surface area contributed by atoms with E-state index in [-0.39, 0.29) is 11.9 Å². The quantitative estimate of drug-likeness (QED) is 0.567. The van der Waals surface area contributed by atoms with E-state index in [1.54, 1.807) is 0 Å². The molecule has 160 valence electrons. The molecule has 31 heavy (non-hydrogen) atoms. The summed E-state index contributed by atoms with van der Waals surface area (Å²) < 4.78 is 13.3. The van der Waals surface area contributed by atoms with E-state index in [9.17, 15) is 4.79 Å². The molecule has 0 aliphatic carbocycles. The largest absolute Gasteiger partial charge is 0.486 e. The van der Waals surface area contributed by atoms with Crippen molar-refractivity contribution in [3.63, 3.8) is 0 Å². The molecule has 8 heteroatoms. The summed E-state index contributed by atoms with van der Waals surface area (Å²) in [4.78, 5) is 15.1. The number of fused-ring (bicyclic) bond motifs is 1. The van der Waals surface area contributed by atoms with Crippen molar-refractivity contribution in [1.29, 1.82) is 0 Å². The molecule has 7 nitrogen and oxygen atoms in total. The van der Waals surface area contributed by atoms with E-state index in [1.165, 1.54) is 11.8 Å². The van der Waals surface area contributed by atoms with E-state index in [2.05, 4.69) is 10.2 Å². The molecule has 0 spiro atoms. The number of ether oxygens (including phenoxy) is 2. The molecule has 2 aliphatic rings. The summed E-state index contributed by atoms with van der Waals surface area (Å²) in [7, 11) is 0. The third kappa shape index (κ3) is 3.99. The Morgan fingerprint density at radius 1 is 1.10 bits per heavy atom. The van der Waals surface area contributed by atoms with Crippen molar-refractivity contribution in [1.82, 2.24) is 19.7 Å². The second-order valence-corrected chi connectivity index (χ2v) is 8.58. The molecule has 1 atom stereocenters. The van der Waals surface area contributed by atoms with Crippen LogP contribution in [0.2, 0.25) is 0 Å². The summed E-state index contributed by atoms with van der Waals surface area (Å²) in [5.74, 6) is 2.78. The van der Waals surface area contributed by atoms with Crippen molar-refractivity contribution in [2.24, 2.45) is 0 Å². The van der Waals surface area contributed by atoms with Gasteiger partial charge in [0.25, 0.3) is 0 Å².